The molecule has 1 aliphatic heterocycles. The molecule has 146 valence electrons. The zero-order valence-corrected chi connectivity index (χ0v) is 17.4. The summed E-state index contributed by atoms with van der Waals surface area (Å²) in [5.41, 5.74) is 0. The molecule has 2 aromatic rings. The van der Waals surface area contributed by atoms with E-state index < -0.39 is 6.23 Å². The fraction of sp³-hybridized carbons (Fsp3) is 0.471. The molecule has 0 aliphatic carbocycles. The summed E-state index contributed by atoms with van der Waals surface area (Å²) in [6.45, 7) is 4.38. The van der Waals surface area contributed by atoms with Crippen LogP contribution in [0.5, 0.6) is 5.75 Å². The van der Waals surface area contributed by atoms with Gasteiger partial charge < -0.3 is 14.7 Å². The number of halogens is 2. The normalized spacial score (nSPS) is 18.5. The number of ether oxygens (including phenoxy) is 1. The quantitative estimate of drug-likeness (QED) is 0.742. The number of aromatic nitrogens is 2. The molecule has 2 atom stereocenters. The van der Waals surface area contributed by atoms with E-state index >= 15 is 0 Å². The Hall–Kier alpha value is -1.61. The van der Waals surface area contributed by atoms with Crippen LogP contribution in [0.3, 0.4) is 0 Å². The van der Waals surface area contributed by atoms with Crippen molar-refractivity contribution in [2.24, 2.45) is 5.92 Å². The van der Waals surface area contributed by atoms with Gasteiger partial charge in [-0.15, -0.1) is 10.2 Å². The maximum atomic E-state index is 12.2. The third-order valence-electron chi connectivity index (χ3n) is 4.03. The highest BCUT2D eigenvalue weighted by atomic mass is 35.5. The number of carbonyl (C=O) groups is 1. The number of nitrogens with zero attached hydrogens (tertiary/aromatic N) is 4. The number of aliphatic hydroxyl groups excluding tert-OH is 1. The molecule has 0 radical (unpaired) electrons. The fourth-order valence-corrected chi connectivity index (χ4v) is 3.93. The minimum Gasteiger partial charge on any atom is -0.483 e. The van der Waals surface area contributed by atoms with Crippen molar-refractivity contribution in [1.82, 2.24) is 15.1 Å². The molecule has 0 spiro atoms. The van der Waals surface area contributed by atoms with Gasteiger partial charge in [-0.2, -0.15) is 0 Å². The lowest BCUT2D eigenvalue weighted by atomic mass is 10.1. The Kier molecular flexibility index (Phi) is 6.10. The molecule has 7 nitrogen and oxygen atoms in total. The van der Waals surface area contributed by atoms with Crippen LogP contribution in [0.15, 0.2) is 18.2 Å². The van der Waals surface area contributed by atoms with E-state index in [4.69, 9.17) is 27.9 Å². The number of amides is 2. The number of β-amino-alcohol motifs (C(OH)–C–C–N with tert-alkyl or cyclic N) is 1. The third kappa shape index (κ3) is 4.45. The molecule has 2 heterocycles. The lowest BCUT2D eigenvalue weighted by molar-refractivity contribution is 0.176. The Morgan fingerprint density at radius 1 is 1.33 bits per heavy atom. The Balaban J connectivity index is 1.84. The molecule has 1 fully saturated rings. The predicted molar refractivity (Wildman–Crippen MR) is 106 cm³/mol. The summed E-state index contributed by atoms with van der Waals surface area (Å²) in [6.07, 6.45) is -0.602. The number of rotatable bonds is 6. The number of likely N-dealkylation sites (N-methyl/N-ethyl adjacent to an activating group) is 1. The lowest BCUT2D eigenvalue weighted by Gasteiger charge is -2.19. The van der Waals surface area contributed by atoms with E-state index in [1.54, 1.807) is 25.2 Å². The van der Waals surface area contributed by atoms with Gasteiger partial charge in [0, 0.05) is 13.1 Å². The topological polar surface area (TPSA) is 78.8 Å². The van der Waals surface area contributed by atoms with Crippen molar-refractivity contribution in [1.29, 1.82) is 0 Å². The number of hydrogen-bond acceptors (Lipinski definition) is 6. The molecule has 1 aromatic heterocycles. The van der Waals surface area contributed by atoms with Gasteiger partial charge >= 0.3 is 6.03 Å². The van der Waals surface area contributed by atoms with Crippen LogP contribution < -0.4 is 9.64 Å². The number of anilines is 1. The monoisotopic (exact) mass is 430 g/mol. The molecular weight excluding hydrogens is 411 g/mol. The first-order chi connectivity index (χ1) is 12.8. The molecule has 0 bridgehead atoms. The first-order valence-electron chi connectivity index (χ1n) is 8.43. The van der Waals surface area contributed by atoms with E-state index in [1.165, 1.54) is 21.1 Å². The minimum atomic E-state index is -0.942. The van der Waals surface area contributed by atoms with E-state index in [0.29, 0.717) is 38.3 Å². The second-order valence-electron chi connectivity index (χ2n) is 6.75. The Morgan fingerprint density at radius 2 is 2.07 bits per heavy atom. The summed E-state index contributed by atoms with van der Waals surface area (Å²) >= 11 is 13.3. The van der Waals surface area contributed by atoms with Crippen molar-refractivity contribution in [3.8, 4) is 5.75 Å². The van der Waals surface area contributed by atoms with Crippen LogP contribution in [0.1, 0.15) is 31.4 Å². The maximum Gasteiger partial charge on any atom is 0.328 e. The summed E-state index contributed by atoms with van der Waals surface area (Å²) in [6, 6.07) is 4.76. The predicted octanol–water partition coefficient (Wildman–Crippen LogP) is 4.20. The van der Waals surface area contributed by atoms with Crippen LogP contribution >= 0.6 is 34.5 Å². The van der Waals surface area contributed by atoms with Crippen molar-refractivity contribution < 1.29 is 14.6 Å². The minimum absolute atomic E-state index is 0.225. The highest BCUT2D eigenvalue weighted by Crippen LogP contribution is 2.35. The van der Waals surface area contributed by atoms with Gasteiger partial charge in [-0.25, -0.2) is 9.69 Å². The van der Waals surface area contributed by atoms with E-state index in [0.717, 1.165) is 0 Å². The molecule has 1 N–H and O–H groups in total. The van der Waals surface area contributed by atoms with Crippen molar-refractivity contribution in [3.63, 3.8) is 0 Å². The van der Waals surface area contributed by atoms with Gasteiger partial charge in [0.05, 0.1) is 16.6 Å². The van der Waals surface area contributed by atoms with Crippen molar-refractivity contribution in [2.45, 2.75) is 32.6 Å². The average Bonchev–Trinajstić information content (AvgIpc) is 3.15. The van der Waals surface area contributed by atoms with Gasteiger partial charge in [-0.3, -0.25) is 0 Å². The van der Waals surface area contributed by atoms with Gasteiger partial charge in [0.1, 0.15) is 5.75 Å². The van der Waals surface area contributed by atoms with E-state index in [1.807, 2.05) is 0 Å². The second-order valence-corrected chi connectivity index (χ2v) is 8.55. The summed E-state index contributed by atoms with van der Waals surface area (Å²) in [5, 5.41) is 20.2. The highest BCUT2D eigenvalue weighted by molar-refractivity contribution is 7.15. The van der Waals surface area contributed by atoms with Crippen molar-refractivity contribution in [3.05, 3.63) is 33.3 Å². The number of benzene rings is 1. The zero-order valence-electron chi connectivity index (χ0n) is 15.1. The van der Waals surface area contributed by atoms with E-state index in [-0.39, 0.29) is 18.7 Å². The molecule has 10 heteroatoms. The molecule has 1 aliphatic rings. The summed E-state index contributed by atoms with van der Waals surface area (Å²) in [5.74, 6) is 0.916. The first kappa shape index (κ1) is 20.1. The number of urea groups is 1. The second kappa shape index (κ2) is 8.18. The van der Waals surface area contributed by atoms with Crippen LogP contribution in [-0.4, -0.2) is 46.1 Å². The van der Waals surface area contributed by atoms with Gasteiger partial charge in [0.25, 0.3) is 0 Å². The lowest BCUT2D eigenvalue weighted by Crippen LogP contribution is -2.34. The maximum absolute atomic E-state index is 12.2. The van der Waals surface area contributed by atoms with Crippen molar-refractivity contribution >= 4 is 45.7 Å². The van der Waals surface area contributed by atoms with E-state index in [2.05, 4.69) is 24.0 Å². The fourth-order valence-electron chi connectivity index (χ4n) is 2.72. The van der Waals surface area contributed by atoms with Crippen LogP contribution in [0.2, 0.25) is 10.0 Å². The molecule has 27 heavy (non-hydrogen) atoms. The molecule has 3 rings (SSSR count). The summed E-state index contributed by atoms with van der Waals surface area (Å²) in [7, 11) is 1.63. The van der Waals surface area contributed by atoms with Crippen molar-refractivity contribution in [2.75, 3.05) is 18.5 Å². The smallest absolute Gasteiger partial charge is 0.328 e. The first-order valence-corrected chi connectivity index (χ1v) is 10.0. The number of carbonyl (C=O) groups excluding carboxylic acids is 1. The molecular formula is C17H20Cl2N4O3S. The molecule has 2 unspecified atom stereocenters. The van der Waals surface area contributed by atoms with Crippen LogP contribution in [0.4, 0.5) is 9.93 Å². The standard InChI is InChI=1S/C17H20Cl2N4O3S/c1-9(2)6-13(26-10-4-5-11(18)12(19)7-10)15-20-21-16(27-15)23-14(24)8-22(3)17(23)25/h4-5,7,9,13-14,24H,6,8H2,1-3H3. The Bertz CT molecular complexity index is 832. The van der Waals surface area contributed by atoms with Gasteiger partial charge in [0.15, 0.2) is 17.3 Å². The number of aliphatic hydroxyl groups is 1. The van der Waals surface area contributed by atoms with Crippen LogP contribution in [-0.2, 0) is 0 Å². The Labute approximate surface area is 171 Å². The van der Waals surface area contributed by atoms with Gasteiger partial charge in [-0.1, -0.05) is 48.4 Å². The largest absolute Gasteiger partial charge is 0.483 e. The number of hydrogen-bond donors (Lipinski definition) is 1. The molecule has 1 aromatic carbocycles. The molecule has 2 amide bonds. The summed E-state index contributed by atoms with van der Waals surface area (Å²) in [4.78, 5) is 14.9. The third-order valence-corrected chi connectivity index (χ3v) is 5.79. The summed E-state index contributed by atoms with van der Waals surface area (Å²) < 4.78 is 6.09. The molecule has 0 saturated carbocycles. The average molecular weight is 431 g/mol. The zero-order chi connectivity index (χ0) is 19.7. The molecule has 1 saturated heterocycles. The highest BCUT2D eigenvalue weighted by Gasteiger charge is 2.37. The SMILES string of the molecule is CC(C)CC(Oc1ccc(Cl)c(Cl)c1)c1nnc(N2C(=O)N(C)CC2O)s1. The van der Waals surface area contributed by atoms with Crippen LogP contribution in [0.25, 0.3) is 0 Å². The van der Waals surface area contributed by atoms with Gasteiger partial charge in [0.2, 0.25) is 5.13 Å². The Morgan fingerprint density at radius 3 is 2.67 bits per heavy atom. The van der Waals surface area contributed by atoms with E-state index in [9.17, 15) is 9.90 Å². The van der Waals surface area contributed by atoms with Crippen LogP contribution in [0, 0.1) is 5.92 Å². The van der Waals surface area contributed by atoms with Gasteiger partial charge in [-0.05, 0) is 24.5 Å².